The summed E-state index contributed by atoms with van der Waals surface area (Å²) in [6.45, 7) is 6.88. The van der Waals surface area contributed by atoms with Crippen LogP contribution in [0, 0.1) is 13.8 Å². The summed E-state index contributed by atoms with van der Waals surface area (Å²) in [5.41, 5.74) is 3.54. The van der Waals surface area contributed by atoms with Crippen LogP contribution in [0.4, 0.5) is 0 Å². The van der Waals surface area contributed by atoms with Crippen molar-refractivity contribution >= 4 is 5.91 Å². The highest BCUT2D eigenvalue weighted by Crippen LogP contribution is 2.17. The topological polar surface area (TPSA) is 69.8 Å². The van der Waals surface area contributed by atoms with Crippen molar-refractivity contribution in [3.05, 3.63) is 17.0 Å². The Labute approximate surface area is 127 Å². The monoisotopic (exact) mass is 292 g/mol. The van der Waals surface area contributed by atoms with Gasteiger partial charge in [0.15, 0.2) is 0 Å². The molecule has 1 aromatic rings. The SMILES string of the molecule is Cc1n[nH]c(C)c1CCCN[C@@H](C)C(=O)NC1CCCC1. The molecule has 0 aliphatic heterocycles. The van der Waals surface area contributed by atoms with Gasteiger partial charge in [-0.25, -0.2) is 0 Å². The van der Waals surface area contributed by atoms with E-state index >= 15 is 0 Å². The predicted octanol–water partition coefficient (Wildman–Crippen LogP) is 2.00. The number of nitrogens with one attached hydrogen (secondary N) is 3. The molecule has 2 rings (SSSR count). The number of aromatic nitrogens is 2. The summed E-state index contributed by atoms with van der Waals surface area (Å²) in [5, 5.41) is 13.7. The van der Waals surface area contributed by atoms with Gasteiger partial charge in [0.05, 0.1) is 11.7 Å². The van der Waals surface area contributed by atoms with E-state index in [4.69, 9.17) is 0 Å². The maximum atomic E-state index is 12.0. The minimum absolute atomic E-state index is 0.114. The lowest BCUT2D eigenvalue weighted by Crippen LogP contribution is -2.45. The van der Waals surface area contributed by atoms with Gasteiger partial charge in [-0.2, -0.15) is 5.10 Å². The van der Waals surface area contributed by atoms with Gasteiger partial charge >= 0.3 is 0 Å². The second-order valence-corrected chi connectivity index (χ2v) is 6.18. The summed E-state index contributed by atoms with van der Waals surface area (Å²) in [7, 11) is 0. The molecule has 5 nitrogen and oxygen atoms in total. The molecule has 0 unspecified atom stereocenters. The van der Waals surface area contributed by atoms with Gasteiger partial charge in [0, 0.05) is 11.7 Å². The first-order valence-electron chi connectivity index (χ1n) is 8.12. The third-order valence-corrected chi connectivity index (χ3v) is 4.43. The van der Waals surface area contributed by atoms with Crippen LogP contribution in [0.5, 0.6) is 0 Å². The quantitative estimate of drug-likeness (QED) is 0.673. The summed E-state index contributed by atoms with van der Waals surface area (Å²) in [4.78, 5) is 12.0. The van der Waals surface area contributed by atoms with E-state index in [0.717, 1.165) is 43.6 Å². The van der Waals surface area contributed by atoms with E-state index in [1.54, 1.807) is 0 Å². The number of carbonyl (C=O) groups is 1. The van der Waals surface area contributed by atoms with Crippen molar-refractivity contribution in [3.63, 3.8) is 0 Å². The number of carbonyl (C=O) groups excluding carboxylic acids is 1. The Morgan fingerprint density at radius 2 is 2.10 bits per heavy atom. The molecule has 0 saturated heterocycles. The molecule has 0 spiro atoms. The van der Waals surface area contributed by atoms with E-state index in [9.17, 15) is 4.79 Å². The van der Waals surface area contributed by atoms with Gasteiger partial charge in [-0.1, -0.05) is 12.8 Å². The normalized spacial score (nSPS) is 17.1. The molecule has 118 valence electrons. The fourth-order valence-corrected chi connectivity index (χ4v) is 3.02. The summed E-state index contributed by atoms with van der Waals surface area (Å²) in [6.07, 6.45) is 6.78. The van der Waals surface area contributed by atoms with Crippen LogP contribution in [0.2, 0.25) is 0 Å². The summed E-state index contributed by atoms with van der Waals surface area (Å²) in [6, 6.07) is 0.287. The fourth-order valence-electron chi connectivity index (χ4n) is 3.02. The fraction of sp³-hybridized carbons (Fsp3) is 0.750. The van der Waals surface area contributed by atoms with Crippen molar-refractivity contribution in [2.24, 2.45) is 0 Å². The molecule has 1 aliphatic rings. The minimum Gasteiger partial charge on any atom is -0.352 e. The van der Waals surface area contributed by atoms with Gasteiger partial charge in [0.25, 0.3) is 0 Å². The predicted molar refractivity (Wildman–Crippen MR) is 84.2 cm³/mol. The highest BCUT2D eigenvalue weighted by Gasteiger charge is 2.20. The minimum atomic E-state index is -0.114. The van der Waals surface area contributed by atoms with Gasteiger partial charge in [0.1, 0.15) is 0 Å². The van der Waals surface area contributed by atoms with Crippen molar-refractivity contribution in [1.29, 1.82) is 0 Å². The molecular formula is C16H28N4O. The van der Waals surface area contributed by atoms with Crippen LogP contribution in [-0.2, 0) is 11.2 Å². The molecule has 3 N–H and O–H groups in total. The van der Waals surface area contributed by atoms with Gasteiger partial charge in [0.2, 0.25) is 5.91 Å². The van der Waals surface area contributed by atoms with E-state index in [2.05, 4.69) is 27.8 Å². The summed E-state index contributed by atoms with van der Waals surface area (Å²) >= 11 is 0. The van der Waals surface area contributed by atoms with E-state index in [-0.39, 0.29) is 11.9 Å². The molecule has 21 heavy (non-hydrogen) atoms. The lowest BCUT2D eigenvalue weighted by atomic mass is 10.1. The number of H-pyrrole nitrogens is 1. The second kappa shape index (κ2) is 7.59. The summed E-state index contributed by atoms with van der Waals surface area (Å²) < 4.78 is 0. The first-order valence-corrected chi connectivity index (χ1v) is 8.12. The van der Waals surface area contributed by atoms with Gasteiger partial charge in [-0.3, -0.25) is 9.89 Å². The van der Waals surface area contributed by atoms with Crippen molar-refractivity contribution in [1.82, 2.24) is 20.8 Å². The number of aromatic amines is 1. The molecule has 5 heteroatoms. The Bertz CT molecular complexity index is 443. The van der Waals surface area contributed by atoms with Gasteiger partial charge in [-0.05, 0) is 58.6 Å². The largest absolute Gasteiger partial charge is 0.352 e. The highest BCUT2D eigenvalue weighted by molar-refractivity contribution is 5.81. The molecule has 1 heterocycles. The van der Waals surface area contributed by atoms with Crippen molar-refractivity contribution < 1.29 is 4.79 Å². The third kappa shape index (κ3) is 4.56. The standard InChI is InChI=1S/C16H28N4O/c1-11-15(12(2)20-19-11)9-6-10-17-13(3)16(21)18-14-7-4-5-8-14/h13-14,17H,4-10H2,1-3H3,(H,18,21)(H,19,20)/t13-/m0/s1. The Morgan fingerprint density at radius 3 is 2.71 bits per heavy atom. The number of hydrogen-bond acceptors (Lipinski definition) is 3. The Balaban J connectivity index is 1.64. The highest BCUT2D eigenvalue weighted by atomic mass is 16.2. The molecule has 1 amide bonds. The number of hydrogen-bond donors (Lipinski definition) is 3. The second-order valence-electron chi connectivity index (χ2n) is 6.18. The smallest absolute Gasteiger partial charge is 0.237 e. The lowest BCUT2D eigenvalue weighted by molar-refractivity contribution is -0.123. The van der Waals surface area contributed by atoms with Crippen molar-refractivity contribution in [2.45, 2.75) is 71.4 Å². The first-order chi connectivity index (χ1) is 10.1. The molecule has 0 bridgehead atoms. The average Bonchev–Trinajstić information content (AvgIpc) is 3.07. The summed E-state index contributed by atoms with van der Waals surface area (Å²) in [5.74, 6) is 0.137. The maximum absolute atomic E-state index is 12.0. The Morgan fingerprint density at radius 1 is 1.38 bits per heavy atom. The number of nitrogens with zero attached hydrogens (tertiary/aromatic N) is 1. The van der Waals surface area contributed by atoms with E-state index < -0.39 is 0 Å². The molecule has 0 aromatic carbocycles. The Kier molecular flexibility index (Phi) is 5.79. The van der Waals surface area contributed by atoms with Crippen molar-refractivity contribution in [2.75, 3.05) is 6.54 Å². The van der Waals surface area contributed by atoms with E-state index in [1.165, 1.54) is 18.4 Å². The van der Waals surface area contributed by atoms with Crippen molar-refractivity contribution in [3.8, 4) is 0 Å². The van der Waals surface area contributed by atoms with Crippen LogP contribution in [0.3, 0.4) is 0 Å². The first kappa shape index (κ1) is 16.0. The zero-order valence-corrected chi connectivity index (χ0v) is 13.5. The van der Waals surface area contributed by atoms with E-state index in [0.29, 0.717) is 6.04 Å². The maximum Gasteiger partial charge on any atom is 0.237 e. The number of rotatable bonds is 7. The molecule has 0 radical (unpaired) electrons. The molecule has 1 aromatic heterocycles. The number of aryl methyl sites for hydroxylation is 2. The van der Waals surface area contributed by atoms with Crippen LogP contribution >= 0.6 is 0 Å². The molecule has 1 aliphatic carbocycles. The third-order valence-electron chi connectivity index (χ3n) is 4.43. The van der Waals surface area contributed by atoms with E-state index in [1.807, 2.05) is 13.8 Å². The lowest BCUT2D eigenvalue weighted by Gasteiger charge is -2.17. The van der Waals surface area contributed by atoms with Gasteiger partial charge in [-0.15, -0.1) is 0 Å². The molecular weight excluding hydrogens is 264 g/mol. The van der Waals surface area contributed by atoms with Crippen LogP contribution < -0.4 is 10.6 Å². The molecule has 1 fully saturated rings. The number of amides is 1. The van der Waals surface area contributed by atoms with Crippen LogP contribution in [-0.4, -0.2) is 34.7 Å². The molecule has 1 saturated carbocycles. The van der Waals surface area contributed by atoms with Crippen LogP contribution in [0.15, 0.2) is 0 Å². The average molecular weight is 292 g/mol. The Hall–Kier alpha value is -1.36. The van der Waals surface area contributed by atoms with Crippen LogP contribution in [0.25, 0.3) is 0 Å². The zero-order valence-electron chi connectivity index (χ0n) is 13.5. The van der Waals surface area contributed by atoms with Crippen LogP contribution in [0.1, 0.15) is 56.0 Å². The molecule has 1 atom stereocenters. The zero-order chi connectivity index (χ0) is 15.2. The van der Waals surface area contributed by atoms with Gasteiger partial charge < -0.3 is 10.6 Å².